The third-order valence-corrected chi connectivity index (χ3v) is 4.09. The van der Waals surface area contributed by atoms with Gasteiger partial charge in [0.1, 0.15) is 5.69 Å². The first-order valence-corrected chi connectivity index (χ1v) is 7.32. The van der Waals surface area contributed by atoms with Gasteiger partial charge in [0.25, 0.3) is 5.91 Å². The number of aromatic nitrogens is 1. The molecule has 114 valence electrons. The van der Waals surface area contributed by atoms with Crippen molar-refractivity contribution in [2.24, 2.45) is 22.7 Å². The summed E-state index contributed by atoms with van der Waals surface area (Å²) in [5.74, 6) is 1.18. The van der Waals surface area contributed by atoms with Crippen LogP contribution in [0.1, 0.15) is 48.7 Å². The number of amides is 1. The molecule has 0 bridgehead atoms. The van der Waals surface area contributed by atoms with Gasteiger partial charge in [-0.25, -0.2) is 0 Å². The highest BCUT2D eigenvalue weighted by Gasteiger charge is 2.19. The largest absolute Gasteiger partial charge is 0.409 e. The van der Waals surface area contributed by atoms with Crippen molar-refractivity contribution in [2.45, 2.75) is 32.6 Å². The lowest BCUT2D eigenvalue weighted by Gasteiger charge is -2.26. The standard InChI is InChI=1S/C15H22N4O2/c1-10-2-4-11(5-3-10)8-18-15(20)13-7-6-12(9-17-13)14(16)19-21/h6-7,9-11,21H,2-5,8H2,1H3,(H2,16,19)(H,18,20). The van der Waals surface area contributed by atoms with E-state index in [1.165, 1.54) is 31.9 Å². The molecule has 0 aliphatic heterocycles. The van der Waals surface area contributed by atoms with E-state index >= 15 is 0 Å². The summed E-state index contributed by atoms with van der Waals surface area (Å²) in [6.07, 6.45) is 6.27. The van der Waals surface area contributed by atoms with Gasteiger partial charge in [-0.05, 0) is 36.8 Å². The minimum absolute atomic E-state index is 0.0224. The molecule has 0 unspecified atom stereocenters. The van der Waals surface area contributed by atoms with Gasteiger partial charge in [0.05, 0.1) is 0 Å². The van der Waals surface area contributed by atoms with E-state index in [1.807, 2.05) is 0 Å². The van der Waals surface area contributed by atoms with Crippen molar-refractivity contribution in [3.63, 3.8) is 0 Å². The molecule has 0 saturated heterocycles. The highest BCUT2D eigenvalue weighted by Crippen LogP contribution is 2.27. The maximum Gasteiger partial charge on any atom is 0.269 e. The summed E-state index contributed by atoms with van der Waals surface area (Å²) < 4.78 is 0. The van der Waals surface area contributed by atoms with Gasteiger partial charge in [-0.15, -0.1) is 0 Å². The number of hydrogen-bond donors (Lipinski definition) is 3. The molecule has 1 heterocycles. The van der Waals surface area contributed by atoms with Crippen LogP contribution in [0.2, 0.25) is 0 Å². The molecule has 1 fully saturated rings. The lowest BCUT2D eigenvalue weighted by molar-refractivity contribution is 0.0937. The molecule has 4 N–H and O–H groups in total. The number of nitrogens with two attached hydrogens (primary N) is 1. The van der Waals surface area contributed by atoms with Gasteiger partial charge in [-0.1, -0.05) is 24.9 Å². The first kappa shape index (κ1) is 15.3. The molecule has 21 heavy (non-hydrogen) atoms. The molecule has 0 atom stereocenters. The van der Waals surface area contributed by atoms with Crippen LogP contribution in [-0.2, 0) is 0 Å². The predicted octanol–water partition coefficient (Wildman–Crippen LogP) is 1.73. The average Bonchev–Trinajstić information content (AvgIpc) is 2.53. The number of amidine groups is 1. The summed E-state index contributed by atoms with van der Waals surface area (Å²) in [5, 5.41) is 14.4. The lowest BCUT2D eigenvalue weighted by atomic mass is 9.83. The van der Waals surface area contributed by atoms with E-state index in [9.17, 15) is 4.79 Å². The van der Waals surface area contributed by atoms with Crippen molar-refractivity contribution in [3.05, 3.63) is 29.6 Å². The second kappa shape index (κ2) is 7.06. The average molecular weight is 290 g/mol. The van der Waals surface area contributed by atoms with Crippen molar-refractivity contribution in [3.8, 4) is 0 Å². The third kappa shape index (κ3) is 4.18. The number of oxime groups is 1. The molecule has 1 saturated carbocycles. The fourth-order valence-corrected chi connectivity index (χ4v) is 2.60. The Morgan fingerprint density at radius 1 is 1.43 bits per heavy atom. The Labute approximate surface area is 124 Å². The zero-order valence-electron chi connectivity index (χ0n) is 12.2. The Balaban J connectivity index is 1.86. The fraction of sp³-hybridized carbons (Fsp3) is 0.533. The molecule has 1 aromatic rings. The van der Waals surface area contributed by atoms with Crippen molar-refractivity contribution >= 4 is 11.7 Å². The predicted molar refractivity (Wildman–Crippen MR) is 80.2 cm³/mol. The van der Waals surface area contributed by atoms with E-state index in [1.54, 1.807) is 12.1 Å². The van der Waals surface area contributed by atoms with E-state index in [0.717, 1.165) is 5.92 Å². The van der Waals surface area contributed by atoms with E-state index < -0.39 is 0 Å². The van der Waals surface area contributed by atoms with Crippen LogP contribution >= 0.6 is 0 Å². The van der Waals surface area contributed by atoms with Crippen molar-refractivity contribution in [2.75, 3.05) is 6.54 Å². The van der Waals surface area contributed by atoms with E-state index in [2.05, 4.69) is 22.4 Å². The molecule has 1 amide bonds. The number of pyridine rings is 1. The minimum atomic E-state index is -0.181. The number of hydrogen-bond acceptors (Lipinski definition) is 4. The van der Waals surface area contributed by atoms with Gasteiger partial charge in [0, 0.05) is 18.3 Å². The van der Waals surface area contributed by atoms with Gasteiger partial charge >= 0.3 is 0 Å². The first-order chi connectivity index (χ1) is 10.1. The van der Waals surface area contributed by atoms with E-state index in [0.29, 0.717) is 23.7 Å². The number of carbonyl (C=O) groups excluding carboxylic acids is 1. The second-order valence-electron chi connectivity index (χ2n) is 5.75. The quantitative estimate of drug-likeness (QED) is 0.340. The molecule has 6 nitrogen and oxygen atoms in total. The summed E-state index contributed by atoms with van der Waals surface area (Å²) in [4.78, 5) is 16.1. The van der Waals surface area contributed by atoms with Gasteiger partial charge in [-0.3, -0.25) is 9.78 Å². The molecule has 0 aromatic carbocycles. The number of nitrogens with one attached hydrogen (secondary N) is 1. The number of nitrogens with zero attached hydrogens (tertiary/aromatic N) is 2. The topological polar surface area (TPSA) is 101 Å². The summed E-state index contributed by atoms with van der Waals surface area (Å²) >= 11 is 0. The van der Waals surface area contributed by atoms with E-state index in [4.69, 9.17) is 10.9 Å². The molecule has 6 heteroatoms. The number of rotatable bonds is 4. The Morgan fingerprint density at radius 2 is 2.14 bits per heavy atom. The Bertz CT molecular complexity index is 505. The monoisotopic (exact) mass is 290 g/mol. The van der Waals surface area contributed by atoms with Gasteiger partial charge in [-0.2, -0.15) is 0 Å². The van der Waals surface area contributed by atoms with E-state index in [-0.39, 0.29) is 11.7 Å². The lowest BCUT2D eigenvalue weighted by Crippen LogP contribution is -2.31. The molecule has 1 aromatic heterocycles. The smallest absolute Gasteiger partial charge is 0.269 e. The van der Waals surface area contributed by atoms with Gasteiger partial charge < -0.3 is 16.3 Å². The maximum atomic E-state index is 12.0. The summed E-state index contributed by atoms with van der Waals surface area (Å²) in [6.45, 7) is 2.98. The zero-order valence-corrected chi connectivity index (χ0v) is 12.2. The molecule has 1 aliphatic carbocycles. The molecule has 0 spiro atoms. The number of carbonyl (C=O) groups is 1. The zero-order chi connectivity index (χ0) is 15.2. The molecular weight excluding hydrogens is 268 g/mol. The van der Waals surface area contributed by atoms with Crippen LogP contribution in [0.3, 0.4) is 0 Å². The fourth-order valence-electron chi connectivity index (χ4n) is 2.60. The highest BCUT2D eigenvalue weighted by molar-refractivity contribution is 5.98. The summed E-state index contributed by atoms with van der Waals surface area (Å²) in [7, 11) is 0. The Kier molecular flexibility index (Phi) is 5.14. The van der Waals surface area contributed by atoms with Crippen LogP contribution in [0, 0.1) is 11.8 Å². The normalized spacial score (nSPS) is 22.8. The molecular formula is C15H22N4O2. The minimum Gasteiger partial charge on any atom is -0.409 e. The van der Waals surface area contributed by atoms with Crippen LogP contribution in [0.15, 0.2) is 23.5 Å². The maximum absolute atomic E-state index is 12.0. The first-order valence-electron chi connectivity index (χ1n) is 7.32. The summed E-state index contributed by atoms with van der Waals surface area (Å²) in [6, 6.07) is 3.19. The summed E-state index contributed by atoms with van der Waals surface area (Å²) in [5.41, 5.74) is 6.27. The molecule has 2 rings (SSSR count). The third-order valence-electron chi connectivity index (χ3n) is 4.09. The van der Waals surface area contributed by atoms with Crippen molar-refractivity contribution in [1.29, 1.82) is 0 Å². The van der Waals surface area contributed by atoms with Crippen LogP contribution in [-0.4, -0.2) is 28.5 Å². The molecule has 0 radical (unpaired) electrons. The van der Waals surface area contributed by atoms with Crippen LogP contribution in [0.4, 0.5) is 0 Å². The van der Waals surface area contributed by atoms with Crippen molar-refractivity contribution in [1.82, 2.24) is 10.3 Å². The van der Waals surface area contributed by atoms with Crippen LogP contribution in [0.5, 0.6) is 0 Å². The van der Waals surface area contributed by atoms with Crippen molar-refractivity contribution < 1.29 is 10.0 Å². The second-order valence-corrected chi connectivity index (χ2v) is 5.75. The SMILES string of the molecule is CC1CCC(CNC(=O)c2ccc(C(N)=NO)cn2)CC1. The van der Waals surface area contributed by atoms with Gasteiger partial charge in [0.15, 0.2) is 5.84 Å². The molecule has 1 aliphatic rings. The Morgan fingerprint density at radius 3 is 2.71 bits per heavy atom. The van der Waals surface area contributed by atoms with Crippen LogP contribution < -0.4 is 11.1 Å². The Hall–Kier alpha value is -2.11. The van der Waals surface area contributed by atoms with Gasteiger partial charge in [0.2, 0.25) is 0 Å². The van der Waals surface area contributed by atoms with Crippen LogP contribution in [0.25, 0.3) is 0 Å². The highest BCUT2D eigenvalue weighted by atomic mass is 16.4.